The molecular weight excluding hydrogens is 431 g/mol. The number of aliphatic hydroxyl groups excluding tert-OH is 2. The molecule has 3 rings (SSSR count). The van der Waals surface area contributed by atoms with Gasteiger partial charge in [-0.1, -0.05) is 47.3 Å². The molecule has 3 atom stereocenters. The molecule has 1 fully saturated rings. The molecule has 10 heteroatoms. The summed E-state index contributed by atoms with van der Waals surface area (Å²) in [5.74, 6) is 5.37. The Kier molecular flexibility index (Phi) is 6.76. The number of hydrogen-bond acceptors (Lipinski definition) is 6. The smallest absolute Gasteiger partial charge is 0.254 e. The van der Waals surface area contributed by atoms with Gasteiger partial charge < -0.3 is 24.8 Å². The monoisotopic (exact) mass is 446 g/mol. The molecule has 3 N–H and O–H groups in total. The van der Waals surface area contributed by atoms with Gasteiger partial charge in [-0.05, 0) is 11.4 Å². The zero-order chi connectivity index (χ0) is 19.6. The molecule has 1 aliphatic rings. The average Bonchev–Trinajstić information content (AvgIpc) is 3.27. The highest BCUT2D eigenvalue weighted by atomic mass is 35.5. The van der Waals surface area contributed by atoms with Gasteiger partial charge in [-0.2, -0.15) is 0 Å². The molecule has 0 bridgehead atoms. The van der Waals surface area contributed by atoms with Crippen molar-refractivity contribution in [2.45, 2.75) is 29.7 Å². The molecule has 0 aromatic carbocycles. The Balaban J connectivity index is 1.90. The Hall–Kier alpha value is -1.18. The summed E-state index contributed by atoms with van der Waals surface area (Å²) in [6, 6.07) is 1.93. The van der Waals surface area contributed by atoms with Crippen LogP contribution in [0.2, 0.25) is 0 Å². The first-order valence-corrected chi connectivity index (χ1v) is 10.2. The van der Waals surface area contributed by atoms with Crippen molar-refractivity contribution in [1.29, 1.82) is 0 Å². The quantitative estimate of drug-likeness (QED) is 0.381. The molecule has 0 saturated carbocycles. The van der Waals surface area contributed by atoms with E-state index in [1.165, 1.54) is 11.3 Å². The zero-order valence-electron chi connectivity index (χ0n) is 13.9. The van der Waals surface area contributed by atoms with Crippen molar-refractivity contribution in [2.75, 3.05) is 13.2 Å². The molecule has 27 heavy (non-hydrogen) atoms. The molecule has 144 valence electrons. The van der Waals surface area contributed by atoms with Crippen LogP contribution in [0.15, 0.2) is 17.6 Å². The minimum atomic E-state index is -1.14. The summed E-state index contributed by atoms with van der Waals surface area (Å²) in [5.41, 5.74) is 0.716. The second kappa shape index (κ2) is 8.88. The van der Waals surface area contributed by atoms with Crippen LogP contribution in [-0.4, -0.2) is 50.9 Å². The summed E-state index contributed by atoms with van der Waals surface area (Å²) >= 11 is 18.0. The number of carbonyl (C=O) groups excluding carboxylic acids is 1. The van der Waals surface area contributed by atoms with Gasteiger partial charge in [0.25, 0.3) is 5.91 Å². The molecule has 2 aromatic heterocycles. The summed E-state index contributed by atoms with van der Waals surface area (Å²) in [4.78, 5) is 10.2. The van der Waals surface area contributed by atoms with E-state index < -0.39 is 29.2 Å². The van der Waals surface area contributed by atoms with Gasteiger partial charge in [-0.25, -0.2) is 0 Å². The lowest BCUT2D eigenvalue weighted by Gasteiger charge is -2.17. The number of nitrogens with one attached hydrogen (secondary N) is 1. The normalized spacial score (nSPS) is 22.0. The second-order valence-corrected chi connectivity index (χ2v) is 8.25. The molecule has 1 amide bonds. The van der Waals surface area contributed by atoms with Crippen LogP contribution < -0.4 is 5.32 Å². The Morgan fingerprint density at radius 3 is 3.00 bits per heavy atom. The summed E-state index contributed by atoms with van der Waals surface area (Å²) in [6.45, 7) is -0.165. The molecular formula is C17H16Cl2N2O4S2. The average molecular weight is 447 g/mol. The number of fused-ring (bicyclic) bond motifs is 1. The van der Waals surface area contributed by atoms with Gasteiger partial charge in [0.1, 0.15) is 17.0 Å². The highest BCUT2D eigenvalue weighted by Gasteiger charge is 2.34. The van der Waals surface area contributed by atoms with Crippen LogP contribution in [0.4, 0.5) is 0 Å². The van der Waals surface area contributed by atoms with E-state index in [2.05, 4.69) is 17.2 Å². The van der Waals surface area contributed by atoms with Gasteiger partial charge in [-0.15, -0.1) is 11.3 Å². The number of aliphatic hydroxyl groups is 2. The molecule has 0 spiro atoms. The standard InChI is InChI=1S/C17H16Cl2N2O4S2/c18-15(19)16(24)20-4-1-2-9-7-21(13-6-11(23)12(8-22)25-13)17(26)14-10(9)3-5-27-14/h3,5,7,11-13,15,22-23H,4,6,8H2,(H,20,24)/t11-,12+,13+/m0/s1. The van der Waals surface area contributed by atoms with Crippen LogP contribution in [0.25, 0.3) is 10.1 Å². The summed E-state index contributed by atoms with van der Waals surface area (Å²) in [5, 5.41) is 24.6. The molecule has 6 nitrogen and oxygen atoms in total. The molecule has 2 aromatic rings. The molecule has 0 unspecified atom stereocenters. The maximum absolute atomic E-state index is 11.4. The fourth-order valence-corrected chi connectivity index (χ4v) is 4.21. The molecule has 1 saturated heterocycles. The molecule has 0 aliphatic carbocycles. The van der Waals surface area contributed by atoms with Crippen LogP contribution in [-0.2, 0) is 9.53 Å². The molecule has 1 aliphatic heterocycles. The summed E-state index contributed by atoms with van der Waals surface area (Å²) in [7, 11) is 0. The fourth-order valence-electron chi connectivity index (χ4n) is 2.78. The first-order chi connectivity index (χ1) is 12.9. The largest absolute Gasteiger partial charge is 0.394 e. The van der Waals surface area contributed by atoms with E-state index in [4.69, 9.17) is 40.2 Å². The number of rotatable bonds is 4. The minimum absolute atomic E-state index is 0.0985. The lowest BCUT2D eigenvalue weighted by atomic mass is 10.1. The van der Waals surface area contributed by atoms with Crippen molar-refractivity contribution in [2.24, 2.45) is 0 Å². The van der Waals surface area contributed by atoms with Crippen molar-refractivity contribution in [1.82, 2.24) is 9.88 Å². The first-order valence-electron chi connectivity index (χ1n) is 8.03. The number of alkyl halides is 2. The van der Waals surface area contributed by atoms with E-state index >= 15 is 0 Å². The van der Waals surface area contributed by atoms with E-state index in [-0.39, 0.29) is 13.2 Å². The number of carbonyl (C=O) groups is 1. The number of thiophene rings is 1. The van der Waals surface area contributed by atoms with Crippen molar-refractivity contribution < 1.29 is 19.7 Å². The van der Waals surface area contributed by atoms with Crippen LogP contribution in [0.5, 0.6) is 0 Å². The maximum Gasteiger partial charge on any atom is 0.254 e. The fraction of sp³-hybridized carbons (Fsp3) is 0.412. The third-order valence-corrected chi connectivity index (χ3v) is 5.98. The topological polar surface area (TPSA) is 83.7 Å². The van der Waals surface area contributed by atoms with Gasteiger partial charge in [-0.3, -0.25) is 4.79 Å². The van der Waals surface area contributed by atoms with Crippen molar-refractivity contribution >= 4 is 62.7 Å². The van der Waals surface area contributed by atoms with Crippen LogP contribution in [0, 0.1) is 16.5 Å². The number of nitrogens with zero attached hydrogens (tertiary/aromatic N) is 1. The maximum atomic E-state index is 11.4. The van der Waals surface area contributed by atoms with Gasteiger partial charge in [0.2, 0.25) is 0 Å². The minimum Gasteiger partial charge on any atom is -0.394 e. The van der Waals surface area contributed by atoms with E-state index in [1.807, 2.05) is 11.4 Å². The lowest BCUT2D eigenvalue weighted by Crippen LogP contribution is -2.28. The Labute approximate surface area is 174 Å². The van der Waals surface area contributed by atoms with Gasteiger partial charge in [0.15, 0.2) is 4.84 Å². The predicted octanol–water partition coefficient (Wildman–Crippen LogP) is 2.34. The van der Waals surface area contributed by atoms with Crippen LogP contribution >= 0.6 is 46.8 Å². The molecule has 3 heterocycles. The number of amides is 1. The number of ether oxygens (including phenoxy) is 1. The third-order valence-electron chi connectivity index (χ3n) is 4.12. The SMILES string of the molecule is O=C(NCC#Cc1cn([C@H]2C[C@H](O)[C@@H](CO)O2)c(=S)c2sccc12)C(Cl)Cl. The number of aromatic nitrogens is 1. The number of pyridine rings is 1. The molecule has 0 radical (unpaired) electrons. The number of hydrogen-bond donors (Lipinski definition) is 3. The van der Waals surface area contributed by atoms with E-state index in [1.54, 1.807) is 10.8 Å². The zero-order valence-corrected chi connectivity index (χ0v) is 17.0. The summed E-state index contributed by atoms with van der Waals surface area (Å²) in [6.07, 6.45) is 0.218. The summed E-state index contributed by atoms with van der Waals surface area (Å²) < 4.78 is 8.94. The van der Waals surface area contributed by atoms with E-state index in [9.17, 15) is 15.0 Å². The Morgan fingerprint density at radius 2 is 2.33 bits per heavy atom. The van der Waals surface area contributed by atoms with E-state index in [0.717, 1.165) is 10.1 Å². The van der Waals surface area contributed by atoms with Gasteiger partial charge in [0.05, 0.1) is 24.0 Å². The third kappa shape index (κ3) is 4.46. The van der Waals surface area contributed by atoms with Crippen LogP contribution in [0.1, 0.15) is 18.2 Å². The predicted molar refractivity (Wildman–Crippen MR) is 108 cm³/mol. The first kappa shape index (κ1) is 20.6. The van der Waals surface area contributed by atoms with E-state index in [0.29, 0.717) is 16.6 Å². The highest BCUT2D eigenvalue weighted by molar-refractivity contribution is 7.71. The lowest BCUT2D eigenvalue weighted by molar-refractivity contribution is -0.119. The van der Waals surface area contributed by atoms with Crippen LogP contribution in [0.3, 0.4) is 0 Å². The van der Waals surface area contributed by atoms with Gasteiger partial charge in [0, 0.05) is 23.6 Å². The van der Waals surface area contributed by atoms with Gasteiger partial charge >= 0.3 is 0 Å². The number of halogens is 2. The second-order valence-electron chi connectivity index (χ2n) is 5.85. The Morgan fingerprint density at radius 1 is 1.56 bits per heavy atom. The van der Waals surface area contributed by atoms with Crippen molar-refractivity contribution in [3.05, 3.63) is 27.8 Å². The van der Waals surface area contributed by atoms with Crippen molar-refractivity contribution in [3.8, 4) is 11.8 Å². The highest BCUT2D eigenvalue weighted by Crippen LogP contribution is 2.33. The Bertz CT molecular complexity index is 963. The van der Waals surface area contributed by atoms with Crippen molar-refractivity contribution in [3.63, 3.8) is 0 Å².